The lowest BCUT2D eigenvalue weighted by molar-refractivity contribution is -0.115. The minimum absolute atomic E-state index is 0.0122. The van der Waals surface area contributed by atoms with Crippen LogP contribution in [-0.2, 0) is 11.2 Å². The highest BCUT2D eigenvalue weighted by Crippen LogP contribution is 2.57. The number of halogens is 1. The summed E-state index contributed by atoms with van der Waals surface area (Å²) < 4.78 is 24.5. The van der Waals surface area contributed by atoms with Crippen molar-refractivity contribution < 1.29 is 19.0 Å². The van der Waals surface area contributed by atoms with E-state index in [1.165, 1.54) is 12.1 Å². The molecule has 6 N–H and O–H groups in total. The van der Waals surface area contributed by atoms with Crippen LogP contribution in [0.5, 0.6) is 5.75 Å². The molecule has 2 heterocycles. The summed E-state index contributed by atoms with van der Waals surface area (Å²) in [7, 11) is -3.55. The van der Waals surface area contributed by atoms with E-state index in [0.717, 1.165) is 5.56 Å². The molecule has 2 aliphatic rings. The lowest BCUT2D eigenvalue weighted by Crippen LogP contribution is -2.27. The van der Waals surface area contributed by atoms with Crippen molar-refractivity contribution in [2.24, 2.45) is 4.40 Å². The zero-order chi connectivity index (χ0) is 17.8. The van der Waals surface area contributed by atoms with Crippen LogP contribution in [0.25, 0.3) is 0 Å². The minimum Gasteiger partial charge on any atom is -0.506 e. The largest absolute Gasteiger partial charge is 0.506 e. The first-order valence-corrected chi connectivity index (χ1v) is 9.08. The molecule has 0 saturated heterocycles. The van der Waals surface area contributed by atoms with Gasteiger partial charge in [-0.15, -0.1) is 4.40 Å². The Kier molecular flexibility index (Phi) is 3.55. The topological polar surface area (TPSA) is 126 Å². The van der Waals surface area contributed by atoms with Gasteiger partial charge < -0.3 is 21.1 Å². The summed E-state index contributed by atoms with van der Waals surface area (Å²) in [4.78, 5) is 11.6. The molecule has 130 valence electrons. The molecule has 10 heteroatoms. The molecule has 1 amide bonds. The van der Waals surface area contributed by atoms with Gasteiger partial charge in [0.1, 0.15) is 16.3 Å². The van der Waals surface area contributed by atoms with Gasteiger partial charge >= 0.3 is 0 Å². The Morgan fingerprint density at radius 3 is 2.84 bits per heavy atom. The van der Waals surface area contributed by atoms with E-state index in [4.69, 9.17) is 11.6 Å². The Morgan fingerprint density at radius 2 is 2.04 bits per heavy atom. The van der Waals surface area contributed by atoms with Gasteiger partial charge in [0, 0.05) is 28.0 Å². The zero-order valence-corrected chi connectivity index (χ0v) is 14.1. The third-order valence-electron chi connectivity index (χ3n) is 3.84. The summed E-state index contributed by atoms with van der Waals surface area (Å²) in [5, 5.41) is 18.7. The third kappa shape index (κ3) is 2.76. The molecule has 0 radical (unpaired) electrons. The van der Waals surface area contributed by atoms with Gasteiger partial charge in [0.25, 0.3) is 0 Å². The number of hydrogen-bond acceptors (Lipinski definition) is 7. The number of aromatic hydroxyl groups is 1. The molecular formula is C15H13ClN4O4S. The van der Waals surface area contributed by atoms with Gasteiger partial charge in [-0.25, -0.2) is 0 Å². The van der Waals surface area contributed by atoms with Crippen LogP contribution in [0.2, 0.25) is 5.02 Å². The predicted octanol–water partition coefficient (Wildman–Crippen LogP) is 3.46. The quantitative estimate of drug-likeness (QED) is 0.421. The van der Waals surface area contributed by atoms with Crippen LogP contribution < -0.4 is 16.0 Å². The maximum atomic E-state index is 11.6. The SMILES string of the molecule is O=C1Cc2c(cccc2NC2=NS(O)(O)c3cc(Cl)cc(O)c3N2)N1. The van der Waals surface area contributed by atoms with Crippen LogP contribution in [-0.4, -0.2) is 26.1 Å². The number of nitrogens with one attached hydrogen (secondary N) is 3. The number of guanidine groups is 1. The summed E-state index contributed by atoms with van der Waals surface area (Å²) in [6.45, 7) is 0. The molecular weight excluding hydrogens is 368 g/mol. The molecule has 0 saturated carbocycles. The van der Waals surface area contributed by atoms with E-state index in [0.29, 0.717) is 11.4 Å². The van der Waals surface area contributed by atoms with Crippen molar-refractivity contribution >= 4 is 51.3 Å². The van der Waals surface area contributed by atoms with Gasteiger partial charge in [0.05, 0.1) is 6.42 Å². The molecule has 0 bridgehead atoms. The maximum Gasteiger partial charge on any atom is 0.228 e. The lowest BCUT2D eigenvalue weighted by atomic mass is 10.1. The van der Waals surface area contributed by atoms with E-state index in [-0.39, 0.29) is 39.6 Å². The molecule has 2 aromatic carbocycles. The fourth-order valence-corrected chi connectivity index (χ4v) is 4.21. The average molecular weight is 381 g/mol. The third-order valence-corrected chi connectivity index (χ3v) is 5.41. The fourth-order valence-electron chi connectivity index (χ4n) is 2.78. The van der Waals surface area contributed by atoms with Crippen molar-refractivity contribution in [3.63, 3.8) is 0 Å². The first-order chi connectivity index (χ1) is 11.8. The number of nitrogens with zero attached hydrogens (tertiary/aromatic N) is 1. The standard InChI is InChI=1S/C15H13ClN4O4S/c16-7-4-11(21)14-12(5-7)25(23,24)20-15(19-14)18-10-3-1-2-9-8(10)6-13(22)17-9/h1-5,21,23-24H,6H2,(H,17,22)(H2,18,19,20). The monoisotopic (exact) mass is 380 g/mol. The summed E-state index contributed by atoms with van der Waals surface area (Å²) in [5.41, 5.74) is 2.14. The number of amides is 1. The van der Waals surface area contributed by atoms with Crippen LogP contribution in [0.4, 0.5) is 17.1 Å². The first-order valence-electron chi connectivity index (χ1n) is 7.20. The molecule has 4 rings (SSSR count). The Labute approximate surface area is 149 Å². The maximum absolute atomic E-state index is 11.6. The van der Waals surface area contributed by atoms with Gasteiger partial charge in [-0.2, -0.15) is 0 Å². The molecule has 25 heavy (non-hydrogen) atoms. The van der Waals surface area contributed by atoms with Crippen LogP contribution in [0, 0.1) is 0 Å². The molecule has 8 nitrogen and oxygen atoms in total. The summed E-state index contributed by atoms with van der Waals surface area (Å²) in [6, 6.07) is 7.89. The van der Waals surface area contributed by atoms with Crippen molar-refractivity contribution in [1.29, 1.82) is 0 Å². The molecule has 2 aromatic rings. The highest BCUT2D eigenvalue weighted by molar-refractivity contribution is 8.23. The van der Waals surface area contributed by atoms with E-state index in [1.807, 2.05) is 0 Å². The van der Waals surface area contributed by atoms with E-state index in [2.05, 4.69) is 20.3 Å². The summed E-state index contributed by atoms with van der Waals surface area (Å²) in [5.74, 6) is -0.311. The Bertz CT molecular complexity index is 947. The van der Waals surface area contributed by atoms with E-state index >= 15 is 0 Å². The van der Waals surface area contributed by atoms with Crippen molar-refractivity contribution in [3.8, 4) is 5.75 Å². The number of fused-ring (bicyclic) bond motifs is 2. The number of phenolic OH excluding ortho intramolecular Hbond substituents is 1. The van der Waals surface area contributed by atoms with E-state index < -0.39 is 10.8 Å². The van der Waals surface area contributed by atoms with Crippen LogP contribution in [0.3, 0.4) is 0 Å². The van der Waals surface area contributed by atoms with Crippen LogP contribution >= 0.6 is 22.4 Å². The second kappa shape index (κ2) is 5.53. The van der Waals surface area contributed by atoms with Gasteiger partial charge in [0.2, 0.25) is 11.9 Å². The average Bonchev–Trinajstić information content (AvgIpc) is 2.89. The molecule has 0 aromatic heterocycles. The molecule has 0 aliphatic carbocycles. The van der Waals surface area contributed by atoms with E-state index in [9.17, 15) is 19.0 Å². The van der Waals surface area contributed by atoms with Gasteiger partial charge in [-0.3, -0.25) is 13.9 Å². The Balaban J connectivity index is 1.71. The van der Waals surface area contributed by atoms with Crippen molar-refractivity contribution in [2.45, 2.75) is 11.3 Å². The molecule has 0 fully saturated rings. The highest BCUT2D eigenvalue weighted by atomic mass is 35.5. The van der Waals surface area contributed by atoms with Crippen LogP contribution in [0.15, 0.2) is 39.6 Å². The molecule has 2 aliphatic heterocycles. The number of anilines is 3. The fraction of sp³-hybridized carbons (Fsp3) is 0.0667. The van der Waals surface area contributed by atoms with Crippen LogP contribution in [0.1, 0.15) is 5.56 Å². The predicted molar refractivity (Wildman–Crippen MR) is 97.7 cm³/mol. The lowest BCUT2D eigenvalue weighted by Gasteiger charge is -2.34. The summed E-state index contributed by atoms with van der Waals surface area (Å²) in [6.07, 6.45) is 0.208. The Hall–Kier alpha value is -2.46. The first kappa shape index (κ1) is 16.0. The molecule has 0 unspecified atom stereocenters. The van der Waals surface area contributed by atoms with Gasteiger partial charge in [0.15, 0.2) is 0 Å². The Morgan fingerprint density at radius 1 is 1.24 bits per heavy atom. The van der Waals surface area contributed by atoms with Crippen molar-refractivity contribution in [1.82, 2.24) is 0 Å². The molecule has 0 atom stereocenters. The highest BCUT2D eigenvalue weighted by Gasteiger charge is 2.29. The number of hydrogen-bond donors (Lipinski definition) is 6. The number of rotatable bonds is 1. The van der Waals surface area contributed by atoms with Gasteiger partial charge in [-0.05, 0) is 18.2 Å². The normalized spacial score (nSPS) is 18.4. The summed E-state index contributed by atoms with van der Waals surface area (Å²) >= 11 is 5.85. The van der Waals surface area contributed by atoms with E-state index in [1.54, 1.807) is 18.2 Å². The van der Waals surface area contributed by atoms with Crippen molar-refractivity contribution in [2.75, 3.05) is 16.0 Å². The number of phenols is 1. The number of carbonyl (C=O) groups is 1. The number of carbonyl (C=O) groups excluding carboxylic acids is 1. The smallest absolute Gasteiger partial charge is 0.228 e. The zero-order valence-electron chi connectivity index (χ0n) is 12.6. The van der Waals surface area contributed by atoms with Gasteiger partial charge in [-0.1, -0.05) is 28.4 Å². The number of benzene rings is 2. The second-order valence-electron chi connectivity index (χ2n) is 5.56. The molecule has 0 spiro atoms. The minimum atomic E-state index is -3.55. The second-order valence-corrected chi connectivity index (χ2v) is 7.66. The van der Waals surface area contributed by atoms with Crippen molar-refractivity contribution in [3.05, 3.63) is 40.9 Å².